The molecule has 1 amide bonds. The van der Waals surface area contributed by atoms with Crippen molar-refractivity contribution in [1.29, 1.82) is 0 Å². The van der Waals surface area contributed by atoms with Crippen LogP contribution in [0.5, 0.6) is 11.5 Å². The molecule has 0 bridgehead atoms. The van der Waals surface area contributed by atoms with Gasteiger partial charge in [-0.1, -0.05) is 42.5 Å². The van der Waals surface area contributed by atoms with E-state index in [1.165, 1.54) is 0 Å². The first-order valence-corrected chi connectivity index (χ1v) is 9.29. The molecule has 0 spiro atoms. The zero-order valence-electron chi connectivity index (χ0n) is 16.4. The number of rotatable bonds is 7. The minimum Gasteiger partial charge on any atom is -0.496 e. The number of ether oxygens (including phenoxy) is 2. The SMILES string of the molecule is COc1ccc(C(=O)N[C@H](C)c2ccccc2)cc1COc1cccc(C)c1. The van der Waals surface area contributed by atoms with E-state index in [1.807, 2.05) is 74.5 Å². The Hall–Kier alpha value is -3.27. The highest BCUT2D eigenvalue weighted by Crippen LogP contribution is 2.23. The molecular weight excluding hydrogens is 350 g/mol. The summed E-state index contributed by atoms with van der Waals surface area (Å²) in [5.41, 5.74) is 3.59. The van der Waals surface area contributed by atoms with Gasteiger partial charge in [0.1, 0.15) is 18.1 Å². The first kappa shape index (κ1) is 19.5. The van der Waals surface area contributed by atoms with E-state index in [0.717, 1.165) is 22.4 Å². The Kier molecular flexibility index (Phi) is 6.33. The maximum atomic E-state index is 12.7. The molecule has 3 aromatic carbocycles. The fraction of sp³-hybridized carbons (Fsp3) is 0.208. The van der Waals surface area contributed by atoms with E-state index in [2.05, 4.69) is 5.32 Å². The predicted molar refractivity (Wildman–Crippen MR) is 111 cm³/mol. The minimum atomic E-state index is -0.129. The van der Waals surface area contributed by atoms with E-state index in [1.54, 1.807) is 19.2 Å². The van der Waals surface area contributed by atoms with Crippen LogP contribution in [-0.2, 0) is 6.61 Å². The average molecular weight is 375 g/mol. The van der Waals surface area contributed by atoms with Gasteiger partial charge in [-0.25, -0.2) is 0 Å². The lowest BCUT2D eigenvalue weighted by molar-refractivity contribution is 0.0939. The summed E-state index contributed by atoms with van der Waals surface area (Å²) in [4.78, 5) is 12.7. The zero-order valence-corrected chi connectivity index (χ0v) is 16.4. The maximum Gasteiger partial charge on any atom is 0.251 e. The summed E-state index contributed by atoms with van der Waals surface area (Å²) in [7, 11) is 1.61. The first-order chi connectivity index (χ1) is 13.6. The minimum absolute atomic E-state index is 0.0807. The number of hydrogen-bond acceptors (Lipinski definition) is 3. The molecule has 144 valence electrons. The van der Waals surface area contributed by atoms with Crippen LogP contribution < -0.4 is 14.8 Å². The number of nitrogens with one attached hydrogen (secondary N) is 1. The molecule has 4 heteroatoms. The van der Waals surface area contributed by atoms with Crippen LogP contribution in [0, 0.1) is 6.92 Å². The molecule has 0 saturated carbocycles. The van der Waals surface area contributed by atoms with Crippen molar-refractivity contribution in [3.63, 3.8) is 0 Å². The van der Waals surface area contributed by atoms with Crippen molar-refractivity contribution in [3.8, 4) is 11.5 Å². The Morgan fingerprint density at radius 3 is 2.50 bits per heavy atom. The fourth-order valence-corrected chi connectivity index (χ4v) is 3.00. The molecule has 0 aliphatic heterocycles. The van der Waals surface area contributed by atoms with Gasteiger partial charge in [0.25, 0.3) is 5.91 Å². The van der Waals surface area contributed by atoms with Crippen molar-refractivity contribution < 1.29 is 14.3 Å². The molecule has 28 heavy (non-hydrogen) atoms. The molecular formula is C24H25NO3. The lowest BCUT2D eigenvalue weighted by Gasteiger charge is -2.16. The Labute approximate surface area is 166 Å². The van der Waals surface area contributed by atoms with Gasteiger partial charge in [0.2, 0.25) is 0 Å². The van der Waals surface area contributed by atoms with Crippen LogP contribution in [-0.4, -0.2) is 13.0 Å². The van der Waals surface area contributed by atoms with Crippen molar-refractivity contribution in [2.75, 3.05) is 7.11 Å². The second kappa shape index (κ2) is 9.09. The molecule has 0 aliphatic rings. The van der Waals surface area contributed by atoms with Gasteiger partial charge in [-0.2, -0.15) is 0 Å². The van der Waals surface area contributed by atoms with Gasteiger partial charge in [0.05, 0.1) is 13.2 Å². The number of carbonyl (C=O) groups excluding carboxylic acids is 1. The van der Waals surface area contributed by atoms with Crippen LogP contribution in [0.25, 0.3) is 0 Å². The van der Waals surface area contributed by atoms with Crippen LogP contribution in [0.3, 0.4) is 0 Å². The Morgan fingerprint density at radius 1 is 1.00 bits per heavy atom. The molecule has 0 heterocycles. The largest absolute Gasteiger partial charge is 0.496 e. The normalized spacial score (nSPS) is 11.5. The quantitative estimate of drug-likeness (QED) is 0.627. The lowest BCUT2D eigenvalue weighted by atomic mass is 10.1. The monoisotopic (exact) mass is 375 g/mol. The molecule has 3 rings (SSSR count). The summed E-state index contributed by atoms with van der Waals surface area (Å²) in [6.45, 7) is 4.31. The molecule has 0 aliphatic carbocycles. The molecule has 0 saturated heterocycles. The summed E-state index contributed by atoms with van der Waals surface area (Å²) in [5, 5.41) is 3.04. The number of amides is 1. The van der Waals surface area contributed by atoms with Gasteiger partial charge in [-0.15, -0.1) is 0 Å². The third kappa shape index (κ3) is 4.92. The Morgan fingerprint density at radius 2 is 1.79 bits per heavy atom. The number of hydrogen-bond donors (Lipinski definition) is 1. The van der Waals surface area contributed by atoms with Gasteiger partial charge in [-0.05, 0) is 55.3 Å². The fourth-order valence-electron chi connectivity index (χ4n) is 3.00. The summed E-state index contributed by atoms with van der Waals surface area (Å²) < 4.78 is 11.3. The molecule has 1 N–H and O–H groups in total. The number of carbonyl (C=O) groups is 1. The van der Waals surface area contributed by atoms with Crippen LogP contribution in [0.4, 0.5) is 0 Å². The van der Waals surface area contributed by atoms with Crippen LogP contribution in [0.1, 0.15) is 40.0 Å². The lowest BCUT2D eigenvalue weighted by Crippen LogP contribution is -2.26. The van der Waals surface area contributed by atoms with Gasteiger partial charge < -0.3 is 14.8 Å². The van der Waals surface area contributed by atoms with Gasteiger partial charge >= 0.3 is 0 Å². The van der Waals surface area contributed by atoms with Crippen molar-refractivity contribution >= 4 is 5.91 Å². The van der Waals surface area contributed by atoms with Gasteiger partial charge in [0.15, 0.2) is 0 Å². The van der Waals surface area contributed by atoms with Crippen LogP contribution >= 0.6 is 0 Å². The smallest absolute Gasteiger partial charge is 0.251 e. The average Bonchev–Trinajstić information content (AvgIpc) is 2.72. The highest BCUT2D eigenvalue weighted by molar-refractivity contribution is 5.94. The zero-order chi connectivity index (χ0) is 19.9. The maximum absolute atomic E-state index is 12.7. The van der Waals surface area contributed by atoms with Gasteiger partial charge in [0, 0.05) is 11.1 Å². The highest BCUT2D eigenvalue weighted by Gasteiger charge is 2.14. The number of benzene rings is 3. The summed E-state index contributed by atoms with van der Waals surface area (Å²) >= 11 is 0. The highest BCUT2D eigenvalue weighted by atomic mass is 16.5. The number of aryl methyl sites for hydroxylation is 1. The molecule has 3 aromatic rings. The van der Waals surface area contributed by atoms with Crippen molar-refractivity contribution in [3.05, 3.63) is 95.1 Å². The van der Waals surface area contributed by atoms with Gasteiger partial charge in [-0.3, -0.25) is 4.79 Å². The standard InChI is InChI=1S/C24H25NO3/c1-17-8-7-11-22(14-17)28-16-21-15-20(12-13-23(21)27-3)24(26)25-18(2)19-9-5-4-6-10-19/h4-15,18H,16H2,1-3H3,(H,25,26)/t18-/m1/s1. The molecule has 0 unspecified atom stereocenters. The summed E-state index contributed by atoms with van der Waals surface area (Å²) in [5.74, 6) is 1.35. The first-order valence-electron chi connectivity index (χ1n) is 9.29. The van der Waals surface area contributed by atoms with Crippen molar-refractivity contribution in [1.82, 2.24) is 5.32 Å². The topological polar surface area (TPSA) is 47.6 Å². The summed E-state index contributed by atoms with van der Waals surface area (Å²) in [6, 6.07) is 23.1. The van der Waals surface area contributed by atoms with E-state index in [4.69, 9.17) is 9.47 Å². The second-order valence-electron chi connectivity index (χ2n) is 6.74. The molecule has 0 radical (unpaired) electrons. The summed E-state index contributed by atoms with van der Waals surface area (Å²) in [6.07, 6.45) is 0. The molecule has 1 atom stereocenters. The van der Waals surface area contributed by atoms with E-state index in [9.17, 15) is 4.79 Å². The molecule has 0 fully saturated rings. The van der Waals surface area contributed by atoms with E-state index >= 15 is 0 Å². The van der Waals surface area contributed by atoms with Crippen molar-refractivity contribution in [2.24, 2.45) is 0 Å². The third-order valence-corrected chi connectivity index (χ3v) is 4.57. The van der Waals surface area contributed by atoms with E-state index < -0.39 is 0 Å². The Balaban J connectivity index is 1.73. The third-order valence-electron chi connectivity index (χ3n) is 4.57. The molecule has 0 aromatic heterocycles. The van der Waals surface area contributed by atoms with E-state index in [0.29, 0.717) is 17.9 Å². The van der Waals surface area contributed by atoms with Crippen LogP contribution in [0.15, 0.2) is 72.8 Å². The number of methoxy groups -OCH3 is 1. The van der Waals surface area contributed by atoms with E-state index in [-0.39, 0.29) is 11.9 Å². The second-order valence-corrected chi connectivity index (χ2v) is 6.74. The Bertz CT molecular complexity index is 938. The van der Waals surface area contributed by atoms with Crippen LogP contribution in [0.2, 0.25) is 0 Å². The molecule has 4 nitrogen and oxygen atoms in total. The van der Waals surface area contributed by atoms with Crippen molar-refractivity contribution in [2.45, 2.75) is 26.5 Å². The predicted octanol–water partition coefficient (Wildman–Crippen LogP) is 5.07.